The quantitative estimate of drug-likeness (QED) is 0.829. The van der Waals surface area contributed by atoms with E-state index in [2.05, 4.69) is 33.3 Å². The Morgan fingerprint density at radius 1 is 1.00 bits per heavy atom. The molecule has 0 aliphatic carbocycles. The van der Waals surface area contributed by atoms with Gasteiger partial charge in [-0.25, -0.2) is 0 Å². The zero-order valence-corrected chi connectivity index (χ0v) is 15.4. The van der Waals surface area contributed by atoms with Crippen molar-refractivity contribution in [3.8, 4) is 5.75 Å². The summed E-state index contributed by atoms with van der Waals surface area (Å²) < 4.78 is 5.45. The number of anilines is 1. The van der Waals surface area contributed by atoms with E-state index in [0.29, 0.717) is 13.1 Å². The van der Waals surface area contributed by atoms with Gasteiger partial charge in [0, 0.05) is 32.7 Å². The van der Waals surface area contributed by atoms with Crippen LogP contribution >= 0.6 is 0 Å². The first-order valence-corrected chi connectivity index (χ1v) is 9.17. The molecule has 1 N–H and O–H groups in total. The molecule has 26 heavy (non-hydrogen) atoms. The van der Waals surface area contributed by atoms with E-state index in [1.54, 1.807) is 7.11 Å². The van der Waals surface area contributed by atoms with Crippen molar-refractivity contribution in [3.63, 3.8) is 0 Å². The van der Waals surface area contributed by atoms with E-state index in [1.165, 1.54) is 5.56 Å². The molecular weight excluding hydrogens is 326 g/mol. The van der Waals surface area contributed by atoms with Gasteiger partial charge in [-0.05, 0) is 24.1 Å². The van der Waals surface area contributed by atoms with Crippen molar-refractivity contribution < 1.29 is 9.53 Å². The van der Waals surface area contributed by atoms with Gasteiger partial charge in [0.05, 0.1) is 19.3 Å². The van der Waals surface area contributed by atoms with Crippen LogP contribution in [0.2, 0.25) is 0 Å². The third kappa shape index (κ3) is 4.99. The van der Waals surface area contributed by atoms with Crippen molar-refractivity contribution in [1.29, 1.82) is 0 Å². The van der Waals surface area contributed by atoms with E-state index >= 15 is 0 Å². The van der Waals surface area contributed by atoms with Crippen molar-refractivity contribution in [3.05, 3.63) is 60.2 Å². The molecule has 1 fully saturated rings. The van der Waals surface area contributed by atoms with Gasteiger partial charge in [-0.1, -0.05) is 42.5 Å². The topological polar surface area (TPSA) is 44.8 Å². The minimum atomic E-state index is 0.103. The van der Waals surface area contributed by atoms with Crippen LogP contribution in [0.5, 0.6) is 5.75 Å². The number of hydrogen-bond donors (Lipinski definition) is 1. The minimum Gasteiger partial charge on any atom is -0.495 e. The lowest BCUT2D eigenvalue weighted by molar-refractivity contribution is -0.122. The van der Waals surface area contributed by atoms with E-state index in [0.717, 1.165) is 44.0 Å². The predicted molar refractivity (Wildman–Crippen MR) is 105 cm³/mol. The molecule has 0 atom stereocenters. The number of carbonyl (C=O) groups is 1. The Morgan fingerprint density at radius 2 is 1.69 bits per heavy atom. The van der Waals surface area contributed by atoms with Crippen LogP contribution in [-0.2, 0) is 11.2 Å². The molecular formula is C21H27N3O2. The molecule has 1 saturated heterocycles. The van der Waals surface area contributed by atoms with E-state index < -0.39 is 0 Å². The van der Waals surface area contributed by atoms with Gasteiger partial charge < -0.3 is 15.0 Å². The van der Waals surface area contributed by atoms with Gasteiger partial charge in [-0.3, -0.25) is 9.69 Å². The van der Waals surface area contributed by atoms with Crippen molar-refractivity contribution in [2.75, 3.05) is 51.3 Å². The molecule has 3 rings (SSSR count). The normalized spacial score (nSPS) is 14.9. The van der Waals surface area contributed by atoms with Crippen LogP contribution < -0.4 is 15.0 Å². The number of para-hydroxylation sites is 2. The SMILES string of the molecule is COc1ccccc1N1CCN(CC(=O)NCCc2ccccc2)CC1. The number of ether oxygens (including phenoxy) is 1. The Labute approximate surface area is 155 Å². The zero-order valence-electron chi connectivity index (χ0n) is 15.4. The molecule has 5 heteroatoms. The summed E-state index contributed by atoms with van der Waals surface area (Å²) in [6, 6.07) is 18.3. The largest absolute Gasteiger partial charge is 0.495 e. The first kappa shape index (κ1) is 18.3. The van der Waals surface area contributed by atoms with Gasteiger partial charge in [0.2, 0.25) is 5.91 Å². The molecule has 2 aromatic rings. The van der Waals surface area contributed by atoms with E-state index in [-0.39, 0.29) is 5.91 Å². The van der Waals surface area contributed by atoms with Gasteiger partial charge in [0.1, 0.15) is 5.75 Å². The molecule has 2 aromatic carbocycles. The lowest BCUT2D eigenvalue weighted by Crippen LogP contribution is -2.49. The number of amides is 1. The van der Waals surface area contributed by atoms with Crippen molar-refractivity contribution in [2.24, 2.45) is 0 Å². The third-order valence-corrected chi connectivity index (χ3v) is 4.74. The number of carbonyl (C=O) groups excluding carboxylic acids is 1. The first-order chi connectivity index (χ1) is 12.8. The zero-order chi connectivity index (χ0) is 18.2. The Balaban J connectivity index is 1.40. The summed E-state index contributed by atoms with van der Waals surface area (Å²) in [5, 5.41) is 3.03. The highest BCUT2D eigenvalue weighted by Crippen LogP contribution is 2.28. The standard InChI is InChI=1S/C21H27N3O2/c1-26-20-10-6-5-9-19(20)24-15-13-23(14-16-24)17-21(25)22-12-11-18-7-3-2-4-8-18/h2-10H,11-17H2,1H3,(H,22,25). The lowest BCUT2D eigenvalue weighted by atomic mass is 10.1. The maximum atomic E-state index is 12.2. The fourth-order valence-electron chi connectivity index (χ4n) is 3.29. The number of hydrogen-bond acceptors (Lipinski definition) is 4. The van der Waals surface area contributed by atoms with E-state index in [1.807, 2.05) is 36.4 Å². The Hall–Kier alpha value is -2.53. The molecule has 0 radical (unpaired) electrons. The fourth-order valence-corrected chi connectivity index (χ4v) is 3.29. The highest BCUT2D eigenvalue weighted by atomic mass is 16.5. The Kier molecular flexibility index (Phi) is 6.50. The number of rotatable bonds is 7. The number of nitrogens with zero attached hydrogens (tertiary/aromatic N) is 2. The van der Waals surface area contributed by atoms with Crippen LogP contribution in [0.3, 0.4) is 0 Å². The van der Waals surface area contributed by atoms with Crippen LogP contribution in [0.15, 0.2) is 54.6 Å². The highest BCUT2D eigenvalue weighted by Gasteiger charge is 2.20. The molecule has 1 aliphatic heterocycles. The summed E-state index contributed by atoms with van der Waals surface area (Å²) in [4.78, 5) is 16.7. The Bertz CT molecular complexity index is 697. The smallest absolute Gasteiger partial charge is 0.234 e. The average molecular weight is 353 g/mol. The van der Waals surface area contributed by atoms with Crippen LogP contribution in [0.25, 0.3) is 0 Å². The summed E-state index contributed by atoms with van der Waals surface area (Å²) in [5.41, 5.74) is 2.38. The molecule has 0 aromatic heterocycles. The Morgan fingerprint density at radius 3 is 2.42 bits per heavy atom. The molecule has 1 heterocycles. The van der Waals surface area contributed by atoms with Gasteiger partial charge in [0.15, 0.2) is 0 Å². The van der Waals surface area contributed by atoms with Crippen LogP contribution in [0, 0.1) is 0 Å². The summed E-state index contributed by atoms with van der Waals surface area (Å²) in [6.07, 6.45) is 0.869. The number of benzene rings is 2. The first-order valence-electron chi connectivity index (χ1n) is 9.17. The average Bonchev–Trinajstić information content (AvgIpc) is 2.69. The minimum absolute atomic E-state index is 0.103. The number of piperazine rings is 1. The third-order valence-electron chi connectivity index (χ3n) is 4.74. The van der Waals surface area contributed by atoms with Crippen molar-refractivity contribution in [2.45, 2.75) is 6.42 Å². The molecule has 138 valence electrons. The highest BCUT2D eigenvalue weighted by molar-refractivity contribution is 5.78. The van der Waals surface area contributed by atoms with Gasteiger partial charge in [-0.2, -0.15) is 0 Å². The number of nitrogens with one attached hydrogen (secondary N) is 1. The lowest BCUT2D eigenvalue weighted by Gasteiger charge is -2.36. The fraction of sp³-hybridized carbons (Fsp3) is 0.381. The second-order valence-corrected chi connectivity index (χ2v) is 6.52. The predicted octanol–water partition coefficient (Wildman–Crippen LogP) is 2.18. The van der Waals surface area contributed by atoms with Crippen molar-refractivity contribution >= 4 is 11.6 Å². The van der Waals surface area contributed by atoms with Crippen LogP contribution in [-0.4, -0.2) is 57.2 Å². The second-order valence-electron chi connectivity index (χ2n) is 6.52. The molecule has 0 saturated carbocycles. The van der Waals surface area contributed by atoms with Crippen molar-refractivity contribution in [1.82, 2.24) is 10.2 Å². The summed E-state index contributed by atoms with van der Waals surface area (Å²) in [7, 11) is 1.70. The second kappa shape index (κ2) is 9.25. The maximum absolute atomic E-state index is 12.2. The maximum Gasteiger partial charge on any atom is 0.234 e. The summed E-state index contributed by atoms with van der Waals surface area (Å²) >= 11 is 0. The van der Waals surface area contributed by atoms with Crippen LogP contribution in [0.4, 0.5) is 5.69 Å². The number of methoxy groups -OCH3 is 1. The molecule has 5 nitrogen and oxygen atoms in total. The monoisotopic (exact) mass is 353 g/mol. The summed E-state index contributed by atoms with van der Waals surface area (Å²) in [5.74, 6) is 1.01. The van der Waals surface area contributed by atoms with E-state index in [4.69, 9.17) is 4.74 Å². The van der Waals surface area contributed by atoms with Gasteiger partial charge >= 0.3 is 0 Å². The van der Waals surface area contributed by atoms with Crippen LogP contribution in [0.1, 0.15) is 5.56 Å². The van der Waals surface area contributed by atoms with E-state index in [9.17, 15) is 4.79 Å². The molecule has 0 spiro atoms. The molecule has 0 bridgehead atoms. The summed E-state index contributed by atoms with van der Waals surface area (Å²) in [6.45, 7) is 4.71. The molecule has 1 aliphatic rings. The molecule has 0 unspecified atom stereocenters. The molecule has 1 amide bonds. The van der Waals surface area contributed by atoms with Gasteiger partial charge in [-0.15, -0.1) is 0 Å². The van der Waals surface area contributed by atoms with Gasteiger partial charge in [0.25, 0.3) is 0 Å².